The van der Waals surface area contributed by atoms with Crippen molar-refractivity contribution in [2.45, 2.75) is 12.6 Å². The molecule has 5 nitrogen and oxygen atoms in total. The number of rotatable bonds is 8. The lowest BCUT2D eigenvalue weighted by molar-refractivity contribution is -0.137. The highest BCUT2D eigenvalue weighted by atomic mass is 19.4. The monoisotopic (exact) mass is 382 g/mol. The molecule has 0 aromatic heterocycles. The number of benzene rings is 2. The van der Waals surface area contributed by atoms with Crippen LogP contribution < -0.4 is 20.1 Å². The number of nitrogens with one attached hydrogen (secondary N) is 2. The largest absolute Gasteiger partial charge is 0.493 e. The van der Waals surface area contributed by atoms with Gasteiger partial charge in [-0.1, -0.05) is 12.1 Å². The van der Waals surface area contributed by atoms with Gasteiger partial charge in [0.15, 0.2) is 11.5 Å². The van der Waals surface area contributed by atoms with E-state index in [0.717, 1.165) is 17.7 Å². The van der Waals surface area contributed by atoms with Crippen molar-refractivity contribution >= 4 is 11.6 Å². The molecular formula is C19H21F3N2O3. The number of hydrogen-bond donors (Lipinski definition) is 2. The molecule has 0 spiro atoms. The average molecular weight is 382 g/mol. The van der Waals surface area contributed by atoms with E-state index >= 15 is 0 Å². The molecule has 1 amide bonds. The molecule has 8 heteroatoms. The minimum atomic E-state index is -4.45. The summed E-state index contributed by atoms with van der Waals surface area (Å²) < 4.78 is 48.4. The Morgan fingerprint density at radius 1 is 1.04 bits per heavy atom. The number of halogens is 3. The molecule has 146 valence electrons. The second-order valence-corrected chi connectivity index (χ2v) is 5.74. The maximum atomic E-state index is 12.7. The molecular weight excluding hydrogens is 361 g/mol. The van der Waals surface area contributed by atoms with E-state index < -0.39 is 17.6 Å². The molecule has 0 atom stereocenters. The van der Waals surface area contributed by atoms with Gasteiger partial charge in [0.25, 0.3) is 0 Å². The van der Waals surface area contributed by atoms with Gasteiger partial charge in [-0.3, -0.25) is 4.79 Å². The van der Waals surface area contributed by atoms with Crippen LogP contribution in [-0.4, -0.2) is 33.2 Å². The second-order valence-electron chi connectivity index (χ2n) is 5.74. The highest BCUT2D eigenvalue weighted by Gasteiger charge is 2.30. The molecule has 0 aliphatic heterocycles. The van der Waals surface area contributed by atoms with Crippen molar-refractivity contribution in [1.29, 1.82) is 0 Å². The smallest absolute Gasteiger partial charge is 0.416 e. The third-order valence-electron chi connectivity index (χ3n) is 3.80. The molecule has 0 fully saturated rings. The highest BCUT2D eigenvalue weighted by Crippen LogP contribution is 2.30. The van der Waals surface area contributed by atoms with Gasteiger partial charge in [-0.25, -0.2) is 0 Å². The van der Waals surface area contributed by atoms with Crippen LogP contribution in [0.4, 0.5) is 18.9 Å². The van der Waals surface area contributed by atoms with E-state index in [1.807, 2.05) is 12.1 Å². The maximum Gasteiger partial charge on any atom is 0.416 e. The maximum absolute atomic E-state index is 12.7. The van der Waals surface area contributed by atoms with Gasteiger partial charge in [-0.05, 0) is 48.9 Å². The molecule has 0 unspecified atom stereocenters. The molecule has 0 saturated carbocycles. The van der Waals surface area contributed by atoms with Crippen molar-refractivity contribution < 1.29 is 27.4 Å². The van der Waals surface area contributed by atoms with Crippen LogP contribution in [0.1, 0.15) is 11.1 Å². The first-order valence-corrected chi connectivity index (χ1v) is 8.22. The summed E-state index contributed by atoms with van der Waals surface area (Å²) in [5, 5.41) is 5.41. The first-order chi connectivity index (χ1) is 12.8. The lowest BCUT2D eigenvalue weighted by Gasteiger charge is -2.11. The zero-order valence-corrected chi connectivity index (χ0v) is 15.0. The van der Waals surface area contributed by atoms with Gasteiger partial charge in [0.05, 0.1) is 26.3 Å². The first kappa shape index (κ1) is 20.6. The number of ether oxygens (including phenoxy) is 2. The Morgan fingerprint density at radius 3 is 2.44 bits per heavy atom. The van der Waals surface area contributed by atoms with Crippen molar-refractivity contribution in [3.8, 4) is 11.5 Å². The number of methoxy groups -OCH3 is 2. The summed E-state index contributed by atoms with van der Waals surface area (Å²) in [4.78, 5) is 11.9. The molecule has 0 aliphatic carbocycles. The lowest BCUT2D eigenvalue weighted by Crippen LogP contribution is -2.29. The second kappa shape index (κ2) is 9.27. The molecule has 2 aromatic carbocycles. The predicted molar refractivity (Wildman–Crippen MR) is 96.2 cm³/mol. The van der Waals surface area contributed by atoms with Gasteiger partial charge in [-0.2, -0.15) is 13.2 Å². The van der Waals surface area contributed by atoms with Crippen molar-refractivity contribution in [3.63, 3.8) is 0 Å². The Balaban J connectivity index is 1.80. The zero-order chi connectivity index (χ0) is 19.9. The normalized spacial score (nSPS) is 11.1. The van der Waals surface area contributed by atoms with Crippen LogP contribution in [0.25, 0.3) is 0 Å². The average Bonchev–Trinajstić information content (AvgIpc) is 2.64. The standard InChI is InChI=1S/C19H21F3N2O3/c1-26-16-7-6-13(10-17(16)27-2)8-9-23-12-18(25)24-15-5-3-4-14(11-15)19(20,21)22/h3-7,10-11,23H,8-9,12H2,1-2H3,(H,24,25). The molecule has 0 aliphatic rings. The minimum Gasteiger partial charge on any atom is -0.493 e. The lowest BCUT2D eigenvalue weighted by atomic mass is 10.1. The van der Waals surface area contributed by atoms with Gasteiger partial charge in [0.1, 0.15) is 0 Å². The van der Waals surface area contributed by atoms with Gasteiger partial charge >= 0.3 is 6.18 Å². The Kier molecular flexibility index (Phi) is 7.06. The quantitative estimate of drug-likeness (QED) is 0.686. The topological polar surface area (TPSA) is 59.6 Å². The van der Waals surface area contributed by atoms with Crippen molar-refractivity contribution in [3.05, 3.63) is 53.6 Å². The van der Waals surface area contributed by atoms with Gasteiger partial charge < -0.3 is 20.1 Å². The predicted octanol–water partition coefficient (Wildman–Crippen LogP) is 3.49. The summed E-state index contributed by atoms with van der Waals surface area (Å²) in [7, 11) is 3.11. The van der Waals surface area contributed by atoms with Gasteiger partial charge in [-0.15, -0.1) is 0 Å². The summed E-state index contributed by atoms with van der Waals surface area (Å²) in [6, 6.07) is 10.1. The fourth-order valence-electron chi connectivity index (χ4n) is 2.45. The van der Waals surface area contributed by atoms with Gasteiger partial charge in [0.2, 0.25) is 5.91 Å². The zero-order valence-electron chi connectivity index (χ0n) is 15.0. The fourth-order valence-corrected chi connectivity index (χ4v) is 2.45. The Labute approximate surface area is 155 Å². The van der Waals surface area contributed by atoms with E-state index in [2.05, 4.69) is 10.6 Å². The van der Waals surface area contributed by atoms with Crippen LogP contribution in [0.3, 0.4) is 0 Å². The number of carbonyl (C=O) groups is 1. The van der Waals surface area contributed by atoms with Crippen LogP contribution in [-0.2, 0) is 17.4 Å². The van der Waals surface area contributed by atoms with E-state index in [1.165, 1.54) is 12.1 Å². The summed E-state index contributed by atoms with van der Waals surface area (Å²) in [6.45, 7) is 0.509. The molecule has 2 aromatic rings. The Bertz CT molecular complexity index is 779. The molecule has 0 radical (unpaired) electrons. The summed E-state index contributed by atoms with van der Waals surface area (Å²) in [5.74, 6) is 0.841. The summed E-state index contributed by atoms with van der Waals surface area (Å²) >= 11 is 0. The van der Waals surface area contributed by atoms with E-state index in [4.69, 9.17) is 9.47 Å². The van der Waals surface area contributed by atoms with Crippen molar-refractivity contribution in [2.24, 2.45) is 0 Å². The molecule has 0 saturated heterocycles. The van der Waals surface area contributed by atoms with E-state index in [1.54, 1.807) is 20.3 Å². The number of alkyl halides is 3. The van der Waals surface area contributed by atoms with Gasteiger partial charge in [0, 0.05) is 5.69 Å². The minimum absolute atomic E-state index is 0.0104. The Hall–Kier alpha value is -2.74. The number of anilines is 1. The van der Waals surface area contributed by atoms with Crippen LogP contribution in [0, 0.1) is 0 Å². The SMILES string of the molecule is COc1ccc(CCNCC(=O)Nc2cccc(C(F)(F)F)c2)cc1OC. The number of amides is 1. The van der Waals surface area contributed by atoms with E-state index in [-0.39, 0.29) is 12.2 Å². The van der Waals surface area contributed by atoms with Crippen LogP contribution in [0.2, 0.25) is 0 Å². The van der Waals surface area contributed by atoms with Crippen LogP contribution in [0.5, 0.6) is 11.5 Å². The third kappa shape index (κ3) is 6.18. The van der Waals surface area contributed by atoms with Crippen molar-refractivity contribution in [2.75, 3.05) is 32.6 Å². The van der Waals surface area contributed by atoms with Crippen molar-refractivity contribution in [1.82, 2.24) is 5.32 Å². The number of hydrogen-bond acceptors (Lipinski definition) is 4. The molecule has 2 N–H and O–H groups in total. The summed E-state index contributed by atoms with van der Waals surface area (Å²) in [5.41, 5.74) is 0.302. The molecule has 27 heavy (non-hydrogen) atoms. The first-order valence-electron chi connectivity index (χ1n) is 8.22. The highest BCUT2D eigenvalue weighted by molar-refractivity contribution is 5.92. The fraction of sp³-hybridized carbons (Fsp3) is 0.316. The van der Waals surface area contributed by atoms with E-state index in [0.29, 0.717) is 24.5 Å². The Morgan fingerprint density at radius 2 is 1.78 bits per heavy atom. The van der Waals surface area contributed by atoms with Crippen LogP contribution in [0.15, 0.2) is 42.5 Å². The number of carbonyl (C=O) groups excluding carboxylic acids is 1. The third-order valence-corrected chi connectivity index (χ3v) is 3.80. The molecule has 0 bridgehead atoms. The van der Waals surface area contributed by atoms with Crippen LogP contribution >= 0.6 is 0 Å². The molecule has 2 rings (SSSR count). The summed E-state index contributed by atoms with van der Waals surface area (Å²) in [6.07, 6.45) is -3.80. The van der Waals surface area contributed by atoms with E-state index in [9.17, 15) is 18.0 Å². The molecule has 0 heterocycles.